The van der Waals surface area contributed by atoms with Gasteiger partial charge in [0.1, 0.15) is 11.9 Å². The molecule has 1 aliphatic heterocycles. The van der Waals surface area contributed by atoms with E-state index >= 15 is 0 Å². The summed E-state index contributed by atoms with van der Waals surface area (Å²) in [4.78, 5) is 12.6. The first-order valence-corrected chi connectivity index (χ1v) is 6.45. The zero-order chi connectivity index (χ0) is 16.0. The van der Waals surface area contributed by atoms with E-state index < -0.39 is 30.0 Å². The highest BCUT2D eigenvalue weighted by atomic mass is 16.5. The molecule has 1 saturated carbocycles. The molecule has 3 rings (SSSR count). The van der Waals surface area contributed by atoms with Crippen molar-refractivity contribution in [3.8, 4) is 5.75 Å². The average Bonchev–Trinajstić information content (AvgIpc) is 2.43. The van der Waals surface area contributed by atoms with Gasteiger partial charge >= 0.3 is 0 Å². The van der Waals surface area contributed by atoms with Crippen LogP contribution in [0.1, 0.15) is 21.1 Å². The van der Waals surface area contributed by atoms with Crippen LogP contribution in [-0.4, -0.2) is 39.4 Å². The van der Waals surface area contributed by atoms with Crippen LogP contribution in [0.4, 0.5) is 0 Å². The molecule has 0 saturated heterocycles. The first-order chi connectivity index (χ1) is 10.4. The van der Waals surface area contributed by atoms with Crippen molar-refractivity contribution in [1.29, 1.82) is 0 Å². The summed E-state index contributed by atoms with van der Waals surface area (Å²) in [6, 6.07) is 2.06. The molecule has 1 fully saturated rings. The van der Waals surface area contributed by atoms with Gasteiger partial charge in [-0.1, -0.05) is 12.1 Å². The van der Waals surface area contributed by atoms with Gasteiger partial charge in [0.15, 0.2) is 5.78 Å². The molecule has 0 bridgehead atoms. The van der Waals surface area contributed by atoms with Gasteiger partial charge in [0, 0.05) is 12.8 Å². The lowest BCUT2D eigenvalue weighted by Crippen LogP contribution is -2.48. The van der Waals surface area contributed by atoms with Gasteiger partial charge in [-0.15, -0.1) is 0 Å². The van der Waals surface area contributed by atoms with E-state index in [0.717, 1.165) is 0 Å². The summed E-state index contributed by atoms with van der Waals surface area (Å²) in [5.74, 6) is -1.55. The molecule has 1 aromatic rings. The van der Waals surface area contributed by atoms with Crippen molar-refractivity contribution in [2.75, 3.05) is 0 Å². The second-order valence-corrected chi connectivity index (χ2v) is 5.17. The van der Waals surface area contributed by atoms with Gasteiger partial charge in [-0.3, -0.25) is 4.79 Å². The monoisotopic (exact) mass is 278 g/mol. The number of hydrogen-bond donors (Lipinski definition) is 3. The molecule has 3 N–H and O–H groups in total. The second kappa shape index (κ2) is 4.92. The van der Waals surface area contributed by atoms with E-state index in [1.807, 2.05) is 0 Å². The second-order valence-electron chi connectivity index (χ2n) is 5.17. The molecule has 0 radical (unpaired) electrons. The molecule has 0 amide bonds. The average molecular weight is 278 g/mol. The van der Waals surface area contributed by atoms with Gasteiger partial charge in [-0.05, 0) is 17.6 Å². The van der Waals surface area contributed by atoms with E-state index in [9.17, 15) is 20.1 Å². The topological polar surface area (TPSA) is 87.0 Å². The maximum Gasteiger partial charge on any atom is 0.175 e. The zero-order valence-corrected chi connectivity index (χ0v) is 10.6. The summed E-state index contributed by atoms with van der Waals surface area (Å²) < 4.78 is 20.7. The number of rotatable bonds is 1. The Bertz CT molecular complexity index is 634. The van der Waals surface area contributed by atoms with Crippen LogP contribution in [-0.2, 0) is 9.53 Å². The van der Waals surface area contributed by atoms with Crippen molar-refractivity contribution in [2.45, 2.75) is 31.2 Å². The van der Waals surface area contributed by atoms with Crippen molar-refractivity contribution in [3.63, 3.8) is 0 Å². The summed E-state index contributed by atoms with van der Waals surface area (Å²) >= 11 is 0. The Morgan fingerprint density at radius 2 is 1.95 bits per heavy atom. The lowest BCUT2D eigenvalue weighted by Gasteiger charge is -2.39. The van der Waals surface area contributed by atoms with Gasteiger partial charge in [0.05, 0.1) is 32.7 Å². The van der Waals surface area contributed by atoms with Crippen molar-refractivity contribution >= 4 is 11.4 Å². The fraction of sp³-hybridized carbons (Fsp3) is 0.400. The number of aromatic hydroxyl groups is 1. The first kappa shape index (κ1) is 10.9. The van der Waals surface area contributed by atoms with Crippen molar-refractivity contribution < 1.29 is 27.6 Å². The van der Waals surface area contributed by atoms with Gasteiger partial charge in [0.2, 0.25) is 0 Å². The quantitative estimate of drug-likeness (QED) is 0.708. The number of carbonyl (C=O) groups excluding carboxylic acids is 1. The van der Waals surface area contributed by atoms with E-state index in [4.69, 9.17) is 7.48 Å². The van der Waals surface area contributed by atoms with Crippen LogP contribution in [0, 0.1) is 5.92 Å². The van der Waals surface area contributed by atoms with Crippen LogP contribution >= 0.6 is 0 Å². The van der Waals surface area contributed by atoms with Gasteiger partial charge in [-0.25, -0.2) is 0 Å². The van der Waals surface area contributed by atoms with E-state index in [2.05, 4.69) is 0 Å². The molecule has 106 valence electrons. The van der Waals surface area contributed by atoms with Crippen molar-refractivity contribution in [2.24, 2.45) is 5.92 Å². The number of aliphatic hydroxyl groups is 2. The third-order valence-corrected chi connectivity index (χ3v) is 3.80. The normalized spacial score (nSPS) is 34.5. The minimum atomic E-state index is -0.993. The standard InChI is InChI=1S/C15H16O5/c16-9-3-1-8(2-4-9)11-7-20-13-6-10(17)5-12(18)14(13)15(11)19/h1-4,7,10,12-14,16-18H,5-6H2/i3D,4D. The number of phenolic OH excluding ortho intramolecular Hbond substituents is 1. The van der Waals surface area contributed by atoms with E-state index in [0.29, 0.717) is 5.56 Å². The van der Waals surface area contributed by atoms with Gasteiger partial charge in [-0.2, -0.15) is 0 Å². The van der Waals surface area contributed by atoms with Crippen molar-refractivity contribution in [1.82, 2.24) is 0 Å². The third-order valence-electron chi connectivity index (χ3n) is 3.80. The Morgan fingerprint density at radius 3 is 2.65 bits per heavy atom. The van der Waals surface area contributed by atoms with Gasteiger partial charge in [0.25, 0.3) is 0 Å². The Kier molecular flexibility index (Phi) is 2.68. The Hall–Kier alpha value is -1.85. The molecular formula is C15H16O5. The highest BCUT2D eigenvalue weighted by Gasteiger charge is 2.45. The summed E-state index contributed by atoms with van der Waals surface area (Å²) in [6.45, 7) is 0. The summed E-state index contributed by atoms with van der Waals surface area (Å²) in [5, 5.41) is 29.2. The van der Waals surface area contributed by atoms with Crippen LogP contribution in [0.2, 0.25) is 0 Å². The molecule has 5 heteroatoms. The number of carbonyl (C=O) groups is 1. The van der Waals surface area contributed by atoms with Crippen LogP contribution in [0.3, 0.4) is 0 Å². The lowest BCUT2D eigenvalue weighted by atomic mass is 9.76. The number of ether oxygens (including phenoxy) is 1. The van der Waals surface area contributed by atoms with Crippen LogP contribution in [0.25, 0.3) is 5.57 Å². The van der Waals surface area contributed by atoms with E-state index in [1.54, 1.807) is 0 Å². The SMILES string of the molecule is [2H]c1cc(C2=COC3CC(O)CC(O)C3C2=O)cc([2H])c1O. The molecule has 4 atom stereocenters. The lowest BCUT2D eigenvalue weighted by molar-refractivity contribution is -0.137. The van der Waals surface area contributed by atoms with Crippen molar-refractivity contribution in [3.05, 3.63) is 36.0 Å². The van der Waals surface area contributed by atoms with Crippen LogP contribution in [0.15, 0.2) is 30.5 Å². The third kappa shape index (κ3) is 2.19. The van der Waals surface area contributed by atoms with Crippen LogP contribution in [0.5, 0.6) is 5.75 Å². The number of phenols is 1. The molecule has 20 heavy (non-hydrogen) atoms. The maximum atomic E-state index is 12.6. The molecule has 1 aromatic carbocycles. The highest BCUT2D eigenvalue weighted by Crippen LogP contribution is 2.36. The smallest absolute Gasteiger partial charge is 0.175 e. The number of Topliss-reactive ketones (excluding diaryl/α,β-unsaturated/α-hetero) is 1. The highest BCUT2D eigenvalue weighted by molar-refractivity contribution is 6.22. The fourth-order valence-corrected chi connectivity index (χ4v) is 2.80. The number of hydrogen-bond acceptors (Lipinski definition) is 5. The number of allylic oxidation sites excluding steroid dienone is 1. The minimum Gasteiger partial charge on any atom is -0.508 e. The predicted molar refractivity (Wildman–Crippen MR) is 70.7 cm³/mol. The number of ketones is 1. The Labute approximate surface area is 118 Å². The Balaban J connectivity index is 1.98. The molecular weight excluding hydrogens is 260 g/mol. The summed E-state index contributed by atoms with van der Waals surface area (Å²) in [7, 11) is 0. The first-order valence-electron chi connectivity index (χ1n) is 7.45. The molecule has 1 heterocycles. The zero-order valence-electron chi connectivity index (χ0n) is 12.6. The minimum absolute atomic E-state index is 0.118. The number of aliphatic hydroxyl groups excluding tert-OH is 2. The molecule has 0 spiro atoms. The fourth-order valence-electron chi connectivity index (χ4n) is 2.80. The molecule has 1 aliphatic carbocycles. The van der Waals surface area contributed by atoms with E-state index in [-0.39, 0.29) is 36.3 Å². The molecule has 0 aromatic heterocycles. The van der Waals surface area contributed by atoms with Gasteiger partial charge < -0.3 is 20.1 Å². The predicted octanol–water partition coefficient (Wildman–Crippen LogP) is 0.833. The van der Waals surface area contributed by atoms with E-state index in [1.165, 1.54) is 18.4 Å². The number of benzene rings is 1. The molecule has 4 unspecified atom stereocenters. The van der Waals surface area contributed by atoms with Crippen LogP contribution < -0.4 is 0 Å². The molecule has 2 aliphatic rings. The summed E-state index contributed by atoms with van der Waals surface area (Å²) in [5.41, 5.74) is 0.466. The summed E-state index contributed by atoms with van der Waals surface area (Å²) in [6.07, 6.45) is -0.620. The largest absolute Gasteiger partial charge is 0.508 e. The maximum absolute atomic E-state index is 12.6. The number of fused-ring (bicyclic) bond motifs is 1. The molecule has 5 nitrogen and oxygen atoms in total. The Morgan fingerprint density at radius 1 is 1.25 bits per heavy atom.